The molecule has 0 radical (unpaired) electrons. The van der Waals surface area contributed by atoms with Gasteiger partial charge in [-0.25, -0.2) is 5.43 Å². The van der Waals surface area contributed by atoms with Gasteiger partial charge >= 0.3 is 0 Å². The third-order valence-electron chi connectivity index (χ3n) is 2.65. The van der Waals surface area contributed by atoms with Crippen molar-refractivity contribution in [2.75, 3.05) is 0 Å². The number of nitrogens with one attached hydrogen (secondary N) is 1. The van der Waals surface area contributed by atoms with Crippen LogP contribution in [0.2, 0.25) is 10.0 Å². The van der Waals surface area contributed by atoms with Crippen LogP contribution in [0.3, 0.4) is 0 Å². The minimum Gasteiger partial charge on any atom is -0.271 e. The van der Waals surface area contributed by atoms with Crippen LogP contribution in [0.15, 0.2) is 28.9 Å². The number of aromatic nitrogens is 2. The van der Waals surface area contributed by atoms with Crippen LogP contribution in [0.25, 0.3) is 0 Å². The molecule has 0 spiro atoms. The maximum absolute atomic E-state index is 6.13. The molecule has 2 rings (SSSR count). The summed E-state index contributed by atoms with van der Waals surface area (Å²) in [6, 6.07) is 5.21. The second kappa shape index (κ2) is 5.59. The highest BCUT2D eigenvalue weighted by Crippen LogP contribution is 2.33. The number of hydrogen-bond donors (Lipinski definition) is 2. The molecular weight excluding hydrogens is 339 g/mol. The predicted octanol–water partition coefficient (Wildman–Crippen LogP) is 3.04. The average Bonchev–Trinajstić information content (AvgIpc) is 2.66. The minimum atomic E-state index is -0.293. The molecule has 0 aliphatic carbocycles. The van der Waals surface area contributed by atoms with Gasteiger partial charge in [0.1, 0.15) is 0 Å². The van der Waals surface area contributed by atoms with E-state index in [-0.39, 0.29) is 6.04 Å². The maximum Gasteiger partial charge on any atom is 0.0904 e. The van der Waals surface area contributed by atoms with E-state index in [0.717, 1.165) is 15.7 Å². The number of nitrogens with zero attached hydrogens (tertiary/aromatic N) is 2. The highest BCUT2D eigenvalue weighted by atomic mass is 79.9. The van der Waals surface area contributed by atoms with Gasteiger partial charge in [-0.15, -0.1) is 0 Å². The van der Waals surface area contributed by atoms with Crippen LogP contribution < -0.4 is 11.3 Å². The molecule has 1 aromatic heterocycles. The smallest absolute Gasteiger partial charge is 0.0904 e. The molecule has 1 heterocycles. The SMILES string of the molecule is Cn1ncc(Cl)c1C(NN)c1cc(Cl)ccc1Br. The van der Waals surface area contributed by atoms with Crippen molar-refractivity contribution in [1.82, 2.24) is 15.2 Å². The normalized spacial score (nSPS) is 12.7. The maximum atomic E-state index is 6.13. The Kier molecular flexibility index (Phi) is 4.29. The van der Waals surface area contributed by atoms with Crippen molar-refractivity contribution in [3.63, 3.8) is 0 Å². The Balaban J connectivity index is 2.55. The molecule has 1 unspecified atom stereocenters. The van der Waals surface area contributed by atoms with Crippen molar-refractivity contribution in [3.8, 4) is 0 Å². The van der Waals surface area contributed by atoms with Gasteiger partial charge in [-0.2, -0.15) is 5.10 Å². The highest BCUT2D eigenvalue weighted by molar-refractivity contribution is 9.10. The van der Waals surface area contributed by atoms with Crippen molar-refractivity contribution in [1.29, 1.82) is 0 Å². The Morgan fingerprint density at radius 3 is 2.72 bits per heavy atom. The predicted molar refractivity (Wildman–Crippen MR) is 76.5 cm³/mol. The third kappa shape index (κ3) is 2.55. The van der Waals surface area contributed by atoms with Crippen LogP contribution in [0, 0.1) is 0 Å². The number of hydrogen-bond acceptors (Lipinski definition) is 3. The molecule has 1 aromatic carbocycles. The summed E-state index contributed by atoms with van der Waals surface area (Å²) >= 11 is 15.6. The number of rotatable bonds is 3. The summed E-state index contributed by atoms with van der Waals surface area (Å²) in [6.07, 6.45) is 1.58. The Bertz CT molecular complexity index is 551. The Morgan fingerprint density at radius 2 is 2.17 bits per heavy atom. The van der Waals surface area contributed by atoms with E-state index in [1.54, 1.807) is 16.9 Å². The summed E-state index contributed by atoms with van der Waals surface area (Å²) in [7, 11) is 1.81. The van der Waals surface area contributed by atoms with E-state index in [1.165, 1.54) is 0 Å². The van der Waals surface area contributed by atoms with Gasteiger partial charge < -0.3 is 0 Å². The van der Waals surface area contributed by atoms with Gasteiger partial charge in [0.2, 0.25) is 0 Å². The lowest BCUT2D eigenvalue weighted by Gasteiger charge is -2.19. The van der Waals surface area contributed by atoms with Crippen molar-refractivity contribution >= 4 is 39.1 Å². The van der Waals surface area contributed by atoms with Gasteiger partial charge in [0, 0.05) is 16.5 Å². The molecule has 0 saturated heterocycles. The molecule has 18 heavy (non-hydrogen) atoms. The third-order valence-corrected chi connectivity index (χ3v) is 3.90. The van der Waals surface area contributed by atoms with Crippen LogP contribution in [-0.4, -0.2) is 9.78 Å². The highest BCUT2D eigenvalue weighted by Gasteiger charge is 2.22. The molecule has 1 atom stereocenters. The Morgan fingerprint density at radius 1 is 1.44 bits per heavy atom. The molecule has 96 valence electrons. The zero-order chi connectivity index (χ0) is 13.3. The summed E-state index contributed by atoms with van der Waals surface area (Å²) in [6.45, 7) is 0. The minimum absolute atomic E-state index is 0.293. The quantitative estimate of drug-likeness (QED) is 0.661. The molecular formula is C11H11BrCl2N4. The molecule has 3 N–H and O–H groups in total. The zero-order valence-electron chi connectivity index (χ0n) is 9.49. The Hall–Kier alpha value is -0.590. The second-order valence-corrected chi connectivity index (χ2v) is 5.46. The molecule has 0 fully saturated rings. The lowest BCUT2D eigenvalue weighted by molar-refractivity contribution is 0.573. The molecule has 4 nitrogen and oxygen atoms in total. The van der Waals surface area contributed by atoms with E-state index in [2.05, 4.69) is 26.5 Å². The number of benzene rings is 1. The molecule has 0 aliphatic rings. The van der Waals surface area contributed by atoms with Crippen LogP contribution in [0.4, 0.5) is 0 Å². The molecule has 0 amide bonds. The molecule has 0 bridgehead atoms. The molecule has 7 heteroatoms. The largest absolute Gasteiger partial charge is 0.271 e. The van der Waals surface area contributed by atoms with Crippen molar-refractivity contribution in [2.45, 2.75) is 6.04 Å². The van der Waals surface area contributed by atoms with E-state index in [4.69, 9.17) is 29.0 Å². The molecule has 2 aromatic rings. The molecule has 0 aliphatic heterocycles. The van der Waals surface area contributed by atoms with Crippen LogP contribution in [-0.2, 0) is 7.05 Å². The van der Waals surface area contributed by atoms with Crippen LogP contribution in [0.5, 0.6) is 0 Å². The summed E-state index contributed by atoms with van der Waals surface area (Å²) in [4.78, 5) is 0. The van der Waals surface area contributed by atoms with Crippen molar-refractivity contribution < 1.29 is 0 Å². The summed E-state index contributed by atoms with van der Waals surface area (Å²) < 4.78 is 2.58. The number of hydrazine groups is 1. The first-order chi connectivity index (χ1) is 8.54. The van der Waals surface area contributed by atoms with Crippen molar-refractivity contribution in [2.24, 2.45) is 12.9 Å². The average molecular weight is 350 g/mol. The lowest BCUT2D eigenvalue weighted by atomic mass is 10.0. The standard InChI is InChI=1S/C11H11BrCl2N4/c1-18-11(9(14)5-16-18)10(17-15)7-4-6(13)2-3-8(7)12/h2-5,10,17H,15H2,1H3. The van der Waals surface area contributed by atoms with Crippen LogP contribution in [0.1, 0.15) is 17.3 Å². The van der Waals surface area contributed by atoms with Gasteiger partial charge in [0.25, 0.3) is 0 Å². The van der Waals surface area contributed by atoms with E-state index in [0.29, 0.717) is 10.0 Å². The fraction of sp³-hybridized carbons (Fsp3) is 0.182. The Labute approximate surface area is 123 Å². The van der Waals surface area contributed by atoms with Gasteiger partial charge in [0.05, 0.1) is 23.0 Å². The number of aryl methyl sites for hydroxylation is 1. The monoisotopic (exact) mass is 348 g/mol. The fourth-order valence-corrected chi connectivity index (χ4v) is 2.73. The first kappa shape index (κ1) is 13.8. The zero-order valence-corrected chi connectivity index (χ0v) is 12.6. The van der Waals surface area contributed by atoms with Gasteiger partial charge in [0.15, 0.2) is 0 Å². The summed E-state index contributed by atoms with van der Waals surface area (Å²) in [5.41, 5.74) is 4.41. The van der Waals surface area contributed by atoms with Gasteiger partial charge in [-0.1, -0.05) is 39.1 Å². The first-order valence-electron chi connectivity index (χ1n) is 5.13. The summed E-state index contributed by atoms with van der Waals surface area (Å²) in [5, 5.41) is 5.28. The molecule has 0 saturated carbocycles. The van der Waals surface area contributed by atoms with Gasteiger partial charge in [-0.05, 0) is 23.8 Å². The van der Waals surface area contributed by atoms with E-state index in [1.807, 2.05) is 19.2 Å². The summed E-state index contributed by atoms with van der Waals surface area (Å²) in [5.74, 6) is 5.64. The first-order valence-corrected chi connectivity index (χ1v) is 6.68. The van der Waals surface area contributed by atoms with E-state index in [9.17, 15) is 0 Å². The van der Waals surface area contributed by atoms with E-state index < -0.39 is 0 Å². The van der Waals surface area contributed by atoms with Crippen LogP contribution >= 0.6 is 39.1 Å². The van der Waals surface area contributed by atoms with Crippen molar-refractivity contribution in [3.05, 3.63) is 50.2 Å². The van der Waals surface area contributed by atoms with E-state index >= 15 is 0 Å². The topological polar surface area (TPSA) is 55.9 Å². The number of halogens is 3. The fourth-order valence-electron chi connectivity index (χ4n) is 1.80. The lowest BCUT2D eigenvalue weighted by Crippen LogP contribution is -2.30. The second-order valence-electron chi connectivity index (χ2n) is 3.77. The number of nitrogens with two attached hydrogens (primary N) is 1. The van der Waals surface area contributed by atoms with Gasteiger partial charge in [-0.3, -0.25) is 10.5 Å².